The summed E-state index contributed by atoms with van der Waals surface area (Å²) in [7, 11) is 1.65. The summed E-state index contributed by atoms with van der Waals surface area (Å²) in [5, 5.41) is 8.71. The molecule has 5 heteroatoms. The average molecular weight is 393 g/mol. The molecular formula is C23H36O5. The van der Waals surface area contributed by atoms with Crippen LogP contribution in [0.25, 0.3) is 0 Å². The number of ether oxygens (including phenoxy) is 3. The van der Waals surface area contributed by atoms with Gasteiger partial charge in [0.15, 0.2) is 0 Å². The molecule has 0 aromatic heterocycles. The van der Waals surface area contributed by atoms with Gasteiger partial charge in [-0.15, -0.1) is 0 Å². The third-order valence-corrected chi connectivity index (χ3v) is 4.85. The van der Waals surface area contributed by atoms with Gasteiger partial charge in [-0.05, 0) is 28.4 Å². The van der Waals surface area contributed by atoms with Crippen LogP contribution < -0.4 is 0 Å². The van der Waals surface area contributed by atoms with Crippen LogP contribution >= 0.6 is 0 Å². The van der Waals surface area contributed by atoms with Crippen LogP contribution in [0.15, 0.2) is 47.6 Å². The SMILES string of the molecule is COCCOCOC1(C(C)(C)C)CC=C(/C=C/C=C/C(=O)O)C=C1C(C)(C)C. The van der Waals surface area contributed by atoms with E-state index < -0.39 is 11.6 Å². The molecule has 0 amide bonds. The molecule has 1 aliphatic rings. The van der Waals surface area contributed by atoms with Gasteiger partial charge < -0.3 is 19.3 Å². The zero-order chi connectivity index (χ0) is 21.4. The van der Waals surface area contributed by atoms with Gasteiger partial charge in [-0.3, -0.25) is 0 Å². The van der Waals surface area contributed by atoms with Crippen molar-refractivity contribution in [3.05, 3.63) is 47.6 Å². The molecule has 0 aromatic carbocycles. The molecule has 0 fully saturated rings. The summed E-state index contributed by atoms with van der Waals surface area (Å²) in [6.45, 7) is 14.3. The molecule has 28 heavy (non-hydrogen) atoms. The van der Waals surface area contributed by atoms with Crippen LogP contribution in [0, 0.1) is 10.8 Å². The maximum absolute atomic E-state index is 10.6. The van der Waals surface area contributed by atoms with Crippen LogP contribution in [0.5, 0.6) is 0 Å². The van der Waals surface area contributed by atoms with Gasteiger partial charge >= 0.3 is 5.97 Å². The van der Waals surface area contributed by atoms with Gasteiger partial charge in [0.25, 0.3) is 0 Å². The van der Waals surface area contributed by atoms with Gasteiger partial charge in [0.05, 0.1) is 13.2 Å². The first-order valence-corrected chi connectivity index (χ1v) is 9.65. The number of carboxylic acids is 1. The van der Waals surface area contributed by atoms with Gasteiger partial charge in [0.2, 0.25) is 0 Å². The van der Waals surface area contributed by atoms with E-state index in [9.17, 15) is 4.79 Å². The van der Waals surface area contributed by atoms with Crippen LogP contribution in [0.1, 0.15) is 48.0 Å². The second-order valence-electron chi connectivity index (χ2n) is 9.01. The van der Waals surface area contributed by atoms with E-state index in [1.807, 2.05) is 6.08 Å². The summed E-state index contributed by atoms with van der Waals surface area (Å²) in [5.41, 5.74) is 1.50. The Morgan fingerprint density at radius 1 is 1.18 bits per heavy atom. The summed E-state index contributed by atoms with van der Waals surface area (Å²) >= 11 is 0. The smallest absolute Gasteiger partial charge is 0.328 e. The number of methoxy groups -OCH3 is 1. The molecule has 0 radical (unpaired) electrons. The van der Waals surface area contributed by atoms with Crippen molar-refractivity contribution in [2.24, 2.45) is 10.8 Å². The van der Waals surface area contributed by atoms with Gasteiger partial charge in [-0.1, -0.05) is 71.9 Å². The van der Waals surface area contributed by atoms with Crippen LogP contribution in [-0.4, -0.2) is 43.8 Å². The lowest BCUT2D eigenvalue weighted by Crippen LogP contribution is -2.51. The van der Waals surface area contributed by atoms with Crippen molar-refractivity contribution in [2.45, 2.75) is 53.6 Å². The van der Waals surface area contributed by atoms with E-state index in [2.05, 4.69) is 53.7 Å². The van der Waals surface area contributed by atoms with Crippen LogP contribution in [0.3, 0.4) is 0 Å². The standard InChI is InChI=1S/C23H36O5/c1-21(2,3)19-16-18(10-8-9-11-20(24)25)12-13-23(19,22(4,5)6)28-17-27-15-14-26-7/h8-12,16H,13-15,17H2,1-7H3,(H,24,25)/b10-8+,11-9+. The van der Waals surface area contributed by atoms with Crippen molar-refractivity contribution < 1.29 is 24.1 Å². The van der Waals surface area contributed by atoms with E-state index >= 15 is 0 Å². The third-order valence-electron chi connectivity index (χ3n) is 4.85. The fourth-order valence-electron chi connectivity index (χ4n) is 3.36. The topological polar surface area (TPSA) is 65.0 Å². The molecule has 1 N–H and O–H groups in total. The van der Waals surface area contributed by atoms with E-state index in [1.54, 1.807) is 13.2 Å². The normalized spacial score (nSPS) is 21.2. The third kappa shape index (κ3) is 6.73. The van der Waals surface area contributed by atoms with E-state index in [0.717, 1.165) is 18.1 Å². The van der Waals surface area contributed by atoms with Crippen molar-refractivity contribution in [1.82, 2.24) is 0 Å². The highest BCUT2D eigenvalue weighted by molar-refractivity contribution is 5.80. The summed E-state index contributed by atoms with van der Waals surface area (Å²) in [6, 6.07) is 0. The minimum atomic E-state index is -0.957. The first-order valence-electron chi connectivity index (χ1n) is 9.65. The second-order valence-corrected chi connectivity index (χ2v) is 9.01. The molecule has 1 aliphatic carbocycles. The van der Waals surface area contributed by atoms with Crippen molar-refractivity contribution in [3.8, 4) is 0 Å². The Balaban J connectivity index is 3.16. The van der Waals surface area contributed by atoms with Crippen molar-refractivity contribution in [2.75, 3.05) is 27.1 Å². The summed E-state index contributed by atoms with van der Waals surface area (Å²) in [5.74, 6) is -0.957. The maximum Gasteiger partial charge on any atom is 0.328 e. The molecule has 1 rings (SSSR count). The lowest BCUT2D eigenvalue weighted by atomic mass is 9.61. The fourth-order valence-corrected chi connectivity index (χ4v) is 3.36. The maximum atomic E-state index is 10.6. The molecular weight excluding hydrogens is 356 g/mol. The van der Waals surface area contributed by atoms with Crippen molar-refractivity contribution >= 4 is 5.97 Å². The molecule has 0 saturated heterocycles. The van der Waals surface area contributed by atoms with Crippen LogP contribution in [0.2, 0.25) is 0 Å². The molecule has 0 heterocycles. The zero-order valence-electron chi connectivity index (χ0n) is 18.4. The number of carboxylic acid groups (broad SMARTS) is 1. The molecule has 1 atom stereocenters. The number of aliphatic carboxylic acids is 1. The van der Waals surface area contributed by atoms with E-state index in [4.69, 9.17) is 19.3 Å². The first kappa shape index (κ1) is 24.3. The fraction of sp³-hybridized carbons (Fsp3) is 0.609. The number of hydrogen-bond donors (Lipinski definition) is 1. The Morgan fingerprint density at radius 3 is 2.39 bits per heavy atom. The predicted molar refractivity (Wildman–Crippen MR) is 112 cm³/mol. The Kier molecular flexibility index (Phi) is 8.86. The molecule has 0 bridgehead atoms. The highest BCUT2D eigenvalue weighted by atomic mass is 16.7. The Bertz CT molecular complexity index is 641. The lowest BCUT2D eigenvalue weighted by molar-refractivity contribution is -0.173. The summed E-state index contributed by atoms with van der Waals surface area (Å²) < 4.78 is 17.1. The quantitative estimate of drug-likeness (QED) is 0.261. The van der Waals surface area contributed by atoms with Crippen molar-refractivity contribution in [1.29, 1.82) is 0 Å². The number of rotatable bonds is 9. The summed E-state index contributed by atoms with van der Waals surface area (Å²) in [4.78, 5) is 10.6. The molecule has 1 unspecified atom stereocenters. The van der Waals surface area contributed by atoms with Crippen LogP contribution in [0.4, 0.5) is 0 Å². The first-order chi connectivity index (χ1) is 12.9. The Hall–Kier alpha value is -1.69. The molecule has 0 aromatic rings. The summed E-state index contributed by atoms with van der Waals surface area (Å²) in [6.07, 6.45) is 11.3. The Morgan fingerprint density at radius 2 is 1.86 bits per heavy atom. The molecule has 158 valence electrons. The zero-order valence-corrected chi connectivity index (χ0v) is 18.4. The van der Waals surface area contributed by atoms with E-state index in [-0.39, 0.29) is 17.6 Å². The molecule has 0 saturated carbocycles. The molecule has 0 spiro atoms. The monoisotopic (exact) mass is 392 g/mol. The molecule has 0 aliphatic heterocycles. The van der Waals surface area contributed by atoms with Crippen molar-refractivity contribution in [3.63, 3.8) is 0 Å². The number of hydrogen-bond acceptors (Lipinski definition) is 4. The van der Waals surface area contributed by atoms with Gasteiger partial charge in [-0.2, -0.15) is 0 Å². The highest BCUT2D eigenvalue weighted by Gasteiger charge is 2.50. The molecule has 5 nitrogen and oxygen atoms in total. The predicted octanol–water partition coefficient (Wildman–Crippen LogP) is 4.91. The number of allylic oxidation sites excluding steroid dienone is 5. The van der Waals surface area contributed by atoms with Gasteiger partial charge in [-0.25, -0.2) is 4.79 Å². The van der Waals surface area contributed by atoms with E-state index in [1.165, 1.54) is 11.6 Å². The second kappa shape index (κ2) is 10.2. The van der Waals surface area contributed by atoms with E-state index in [0.29, 0.717) is 13.2 Å². The largest absolute Gasteiger partial charge is 0.478 e. The average Bonchev–Trinajstić information content (AvgIpc) is 2.57. The lowest BCUT2D eigenvalue weighted by Gasteiger charge is -2.51. The van der Waals surface area contributed by atoms with Crippen LogP contribution in [-0.2, 0) is 19.0 Å². The minimum Gasteiger partial charge on any atom is -0.478 e. The highest BCUT2D eigenvalue weighted by Crippen LogP contribution is 2.51. The number of carbonyl (C=O) groups is 1. The van der Waals surface area contributed by atoms with Gasteiger partial charge in [0, 0.05) is 13.2 Å². The van der Waals surface area contributed by atoms with Gasteiger partial charge in [0.1, 0.15) is 12.4 Å². The Labute approximate surface area is 169 Å². The minimum absolute atomic E-state index is 0.107.